The van der Waals surface area contributed by atoms with E-state index in [9.17, 15) is 0 Å². The van der Waals surface area contributed by atoms with Crippen LogP contribution in [0.25, 0.3) is 10.1 Å². The minimum atomic E-state index is 0.453. The summed E-state index contributed by atoms with van der Waals surface area (Å²) >= 11 is 1.94. The molecule has 1 aromatic carbocycles. The average Bonchev–Trinajstić information content (AvgIpc) is 2.78. The molecule has 1 N–H and O–H groups in total. The van der Waals surface area contributed by atoms with Crippen LogP contribution in [-0.2, 0) is 0 Å². The number of allylic oxidation sites excluding steroid dienone is 1. The van der Waals surface area contributed by atoms with E-state index in [0.717, 1.165) is 0 Å². The molecule has 1 nitrogen and oxygen atoms in total. The lowest BCUT2D eigenvalue weighted by molar-refractivity contribution is 0.429. The van der Waals surface area contributed by atoms with E-state index in [1.807, 2.05) is 11.3 Å². The van der Waals surface area contributed by atoms with E-state index >= 15 is 0 Å². The van der Waals surface area contributed by atoms with E-state index in [1.54, 1.807) is 0 Å². The van der Waals surface area contributed by atoms with Gasteiger partial charge >= 0.3 is 0 Å². The summed E-state index contributed by atoms with van der Waals surface area (Å²) in [6.45, 7) is 4.56. The van der Waals surface area contributed by atoms with E-state index < -0.39 is 0 Å². The van der Waals surface area contributed by atoms with Gasteiger partial charge in [0.05, 0.1) is 0 Å². The van der Waals surface area contributed by atoms with Crippen molar-refractivity contribution in [3.05, 3.63) is 46.9 Å². The largest absolute Gasteiger partial charge is 0.306 e. The summed E-state index contributed by atoms with van der Waals surface area (Å²) in [5.41, 5.74) is 1.45. The highest BCUT2D eigenvalue weighted by molar-refractivity contribution is 7.19. The van der Waals surface area contributed by atoms with Crippen LogP contribution in [0.1, 0.15) is 42.7 Å². The maximum atomic E-state index is 3.80. The molecule has 2 aromatic rings. The predicted octanol–water partition coefficient (Wildman–Crippen LogP) is 4.97. The smallest absolute Gasteiger partial charge is 0.0391 e. The number of hydrogen-bond donors (Lipinski definition) is 1. The lowest BCUT2D eigenvalue weighted by Gasteiger charge is -2.24. The Morgan fingerprint density at radius 1 is 1.26 bits per heavy atom. The van der Waals surface area contributed by atoms with Gasteiger partial charge in [-0.2, -0.15) is 0 Å². The zero-order valence-corrected chi connectivity index (χ0v) is 12.5. The van der Waals surface area contributed by atoms with Gasteiger partial charge in [-0.15, -0.1) is 11.3 Å². The van der Waals surface area contributed by atoms with Gasteiger partial charge in [0.2, 0.25) is 0 Å². The van der Waals surface area contributed by atoms with E-state index in [1.165, 1.54) is 39.8 Å². The Labute approximate surface area is 119 Å². The van der Waals surface area contributed by atoms with Crippen LogP contribution in [-0.4, -0.2) is 6.04 Å². The Kier molecular flexibility index (Phi) is 3.72. The van der Waals surface area contributed by atoms with Crippen LogP contribution in [0.15, 0.2) is 36.4 Å². The average molecular weight is 271 g/mol. The van der Waals surface area contributed by atoms with Crippen molar-refractivity contribution < 1.29 is 0 Å². The van der Waals surface area contributed by atoms with Gasteiger partial charge < -0.3 is 5.32 Å². The van der Waals surface area contributed by atoms with Crippen molar-refractivity contribution in [2.45, 2.75) is 45.2 Å². The zero-order chi connectivity index (χ0) is 13.2. The van der Waals surface area contributed by atoms with Gasteiger partial charge in [0.15, 0.2) is 0 Å². The SMILES string of the molecule is Cc1c(C(C)NC2CC=CCC2)sc2ccccc12. The number of hydrogen-bond acceptors (Lipinski definition) is 2. The second-order valence-corrected chi connectivity index (χ2v) is 6.54. The number of rotatable bonds is 3. The molecule has 0 fully saturated rings. The van der Waals surface area contributed by atoms with Gasteiger partial charge in [-0.25, -0.2) is 0 Å². The van der Waals surface area contributed by atoms with Crippen molar-refractivity contribution in [3.8, 4) is 0 Å². The molecule has 0 radical (unpaired) electrons. The first kappa shape index (κ1) is 12.9. The van der Waals surface area contributed by atoms with Crippen LogP contribution < -0.4 is 5.32 Å². The van der Waals surface area contributed by atoms with Gasteiger partial charge in [0, 0.05) is 21.7 Å². The Hall–Kier alpha value is -1.12. The topological polar surface area (TPSA) is 12.0 Å². The molecule has 0 saturated heterocycles. The van der Waals surface area contributed by atoms with E-state index in [-0.39, 0.29) is 0 Å². The molecule has 1 heterocycles. The third-order valence-corrected chi connectivity index (χ3v) is 5.48. The second kappa shape index (κ2) is 5.48. The number of benzene rings is 1. The normalized spacial score (nSPS) is 20.8. The molecule has 1 aliphatic carbocycles. The van der Waals surface area contributed by atoms with E-state index in [2.05, 4.69) is 55.6 Å². The van der Waals surface area contributed by atoms with E-state index in [4.69, 9.17) is 0 Å². The monoisotopic (exact) mass is 271 g/mol. The van der Waals surface area contributed by atoms with Crippen molar-refractivity contribution in [1.29, 1.82) is 0 Å². The molecule has 100 valence electrons. The van der Waals surface area contributed by atoms with Gasteiger partial charge in [-0.05, 0) is 50.1 Å². The van der Waals surface area contributed by atoms with Gasteiger partial charge in [-0.1, -0.05) is 30.4 Å². The summed E-state index contributed by atoms with van der Waals surface area (Å²) in [5.74, 6) is 0. The molecule has 0 amide bonds. The standard InChI is InChI=1S/C17H21NS/c1-12-15-10-6-7-11-16(15)19-17(12)13(2)18-14-8-4-3-5-9-14/h3-4,6-7,10-11,13-14,18H,5,8-9H2,1-2H3. The van der Waals surface area contributed by atoms with Crippen LogP contribution in [0, 0.1) is 6.92 Å². The molecule has 0 spiro atoms. The minimum absolute atomic E-state index is 0.453. The third kappa shape index (κ3) is 2.60. The number of nitrogens with one attached hydrogen (secondary N) is 1. The highest BCUT2D eigenvalue weighted by Gasteiger charge is 2.18. The molecule has 19 heavy (non-hydrogen) atoms. The Bertz CT molecular complexity index is 596. The Balaban J connectivity index is 1.82. The molecule has 1 aromatic heterocycles. The number of fused-ring (bicyclic) bond motifs is 1. The lowest BCUT2D eigenvalue weighted by atomic mass is 10.0. The van der Waals surface area contributed by atoms with Crippen LogP contribution in [0.5, 0.6) is 0 Å². The maximum Gasteiger partial charge on any atom is 0.0391 e. The highest BCUT2D eigenvalue weighted by atomic mass is 32.1. The second-order valence-electron chi connectivity index (χ2n) is 5.46. The van der Waals surface area contributed by atoms with Crippen molar-refractivity contribution in [3.63, 3.8) is 0 Å². The summed E-state index contributed by atoms with van der Waals surface area (Å²) < 4.78 is 1.41. The molecule has 2 heteroatoms. The van der Waals surface area contributed by atoms with Crippen LogP contribution in [0.3, 0.4) is 0 Å². The summed E-state index contributed by atoms with van der Waals surface area (Å²) in [6.07, 6.45) is 8.27. The zero-order valence-electron chi connectivity index (χ0n) is 11.6. The molecule has 0 aliphatic heterocycles. The molecule has 0 bridgehead atoms. The molecule has 2 unspecified atom stereocenters. The number of thiophene rings is 1. The fourth-order valence-corrected chi connectivity index (χ4v) is 4.20. The van der Waals surface area contributed by atoms with E-state index in [0.29, 0.717) is 12.1 Å². The van der Waals surface area contributed by atoms with Crippen molar-refractivity contribution >= 4 is 21.4 Å². The highest BCUT2D eigenvalue weighted by Crippen LogP contribution is 2.35. The van der Waals surface area contributed by atoms with Crippen LogP contribution in [0.2, 0.25) is 0 Å². The fraction of sp³-hybridized carbons (Fsp3) is 0.412. The number of aryl methyl sites for hydroxylation is 1. The third-order valence-electron chi connectivity index (χ3n) is 4.03. The first-order valence-electron chi connectivity index (χ1n) is 7.15. The molecule has 2 atom stereocenters. The van der Waals surface area contributed by atoms with Crippen molar-refractivity contribution in [2.24, 2.45) is 0 Å². The molecular weight excluding hydrogens is 250 g/mol. The maximum absolute atomic E-state index is 3.80. The summed E-state index contributed by atoms with van der Waals surface area (Å²) in [7, 11) is 0. The van der Waals surface area contributed by atoms with Crippen LogP contribution in [0.4, 0.5) is 0 Å². The molecule has 0 saturated carbocycles. The lowest BCUT2D eigenvalue weighted by Crippen LogP contribution is -2.31. The Morgan fingerprint density at radius 2 is 2.11 bits per heavy atom. The van der Waals surface area contributed by atoms with Crippen LogP contribution >= 0.6 is 11.3 Å². The first-order valence-corrected chi connectivity index (χ1v) is 7.96. The van der Waals surface area contributed by atoms with Gasteiger partial charge in [0.1, 0.15) is 0 Å². The molecule has 3 rings (SSSR count). The summed E-state index contributed by atoms with van der Waals surface area (Å²) in [4.78, 5) is 1.50. The predicted molar refractivity (Wildman–Crippen MR) is 84.9 cm³/mol. The fourth-order valence-electron chi connectivity index (χ4n) is 2.98. The van der Waals surface area contributed by atoms with Gasteiger partial charge in [0.25, 0.3) is 0 Å². The Morgan fingerprint density at radius 3 is 2.84 bits per heavy atom. The quantitative estimate of drug-likeness (QED) is 0.777. The van der Waals surface area contributed by atoms with Crippen molar-refractivity contribution in [1.82, 2.24) is 5.32 Å². The first-order chi connectivity index (χ1) is 9.25. The van der Waals surface area contributed by atoms with Gasteiger partial charge in [-0.3, -0.25) is 0 Å². The minimum Gasteiger partial charge on any atom is -0.306 e. The summed E-state index contributed by atoms with van der Waals surface area (Å²) in [5, 5.41) is 5.21. The van der Waals surface area contributed by atoms with Crippen molar-refractivity contribution in [2.75, 3.05) is 0 Å². The molecular formula is C17H21NS. The molecule has 1 aliphatic rings. The summed E-state index contributed by atoms with van der Waals surface area (Å²) in [6, 6.07) is 9.83.